The lowest BCUT2D eigenvalue weighted by Crippen LogP contribution is -2.13. The molecule has 2 rings (SSSR count). The van der Waals surface area contributed by atoms with Crippen molar-refractivity contribution in [3.63, 3.8) is 0 Å². The molecule has 0 bridgehead atoms. The van der Waals surface area contributed by atoms with Crippen LogP contribution in [0.5, 0.6) is 0 Å². The van der Waals surface area contributed by atoms with E-state index in [9.17, 15) is 0 Å². The van der Waals surface area contributed by atoms with Crippen molar-refractivity contribution in [2.24, 2.45) is 5.73 Å². The summed E-state index contributed by atoms with van der Waals surface area (Å²) in [6.45, 7) is 2.07. The fraction of sp³-hybridized carbons (Fsp3) is 0.214. The standard InChI is InChI=1S/C14H16N4S/c1-3-11-8-13(17-9-16-11)18(2)12-6-4-10(5-7-12)14(15)19/h4-9H,3H2,1-2H3,(H2,15,19). The topological polar surface area (TPSA) is 55.0 Å². The van der Waals surface area contributed by atoms with Crippen molar-refractivity contribution in [3.8, 4) is 0 Å². The number of hydrogen-bond donors (Lipinski definition) is 1. The summed E-state index contributed by atoms with van der Waals surface area (Å²) in [7, 11) is 1.97. The lowest BCUT2D eigenvalue weighted by atomic mass is 10.2. The molecule has 1 heterocycles. The summed E-state index contributed by atoms with van der Waals surface area (Å²) in [5.41, 5.74) is 8.50. The number of hydrogen-bond acceptors (Lipinski definition) is 4. The van der Waals surface area contributed by atoms with Crippen molar-refractivity contribution < 1.29 is 0 Å². The molecule has 2 aromatic rings. The number of rotatable bonds is 4. The van der Waals surface area contributed by atoms with E-state index in [1.54, 1.807) is 6.33 Å². The third-order valence-corrected chi connectivity index (χ3v) is 3.19. The maximum Gasteiger partial charge on any atom is 0.136 e. The van der Waals surface area contributed by atoms with Crippen LogP contribution in [0.3, 0.4) is 0 Å². The highest BCUT2D eigenvalue weighted by atomic mass is 32.1. The van der Waals surface area contributed by atoms with Gasteiger partial charge in [-0.15, -0.1) is 0 Å². The summed E-state index contributed by atoms with van der Waals surface area (Å²) in [5, 5.41) is 0. The number of aryl methyl sites for hydroxylation is 1. The number of anilines is 2. The van der Waals surface area contributed by atoms with E-state index in [0.29, 0.717) is 4.99 Å². The van der Waals surface area contributed by atoms with Crippen LogP contribution < -0.4 is 10.6 Å². The molecule has 0 aliphatic carbocycles. The van der Waals surface area contributed by atoms with Crippen LogP contribution in [-0.4, -0.2) is 22.0 Å². The predicted molar refractivity (Wildman–Crippen MR) is 81.8 cm³/mol. The molecule has 0 aliphatic heterocycles. The van der Waals surface area contributed by atoms with Gasteiger partial charge in [-0.3, -0.25) is 0 Å². The Kier molecular flexibility index (Phi) is 4.06. The van der Waals surface area contributed by atoms with Crippen molar-refractivity contribution in [2.75, 3.05) is 11.9 Å². The first-order valence-corrected chi connectivity index (χ1v) is 6.47. The van der Waals surface area contributed by atoms with Gasteiger partial charge in [0.25, 0.3) is 0 Å². The average Bonchev–Trinajstić information content (AvgIpc) is 2.46. The maximum absolute atomic E-state index is 5.59. The Balaban J connectivity index is 2.27. The van der Waals surface area contributed by atoms with Gasteiger partial charge < -0.3 is 10.6 Å². The molecule has 0 unspecified atom stereocenters. The van der Waals surface area contributed by atoms with Crippen molar-refractivity contribution in [1.82, 2.24) is 9.97 Å². The van der Waals surface area contributed by atoms with Crippen molar-refractivity contribution in [3.05, 3.63) is 47.9 Å². The molecule has 19 heavy (non-hydrogen) atoms. The summed E-state index contributed by atoms with van der Waals surface area (Å²) in [6, 6.07) is 9.76. The summed E-state index contributed by atoms with van der Waals surface area (Å²) in [6.07, 6.45) is 2.48. The van der Waals surface area contributed by atoms with E-state index >= 15 is 0 Å². The Hall–Kier alpha value is -2.01. The Morgan fingerprint density at radius 3 is 2.53 bits per heavy atom. The molecule has 0 spiro atoms. The first kappa shape index (κ1) is 13.4. The van der Waals surface area contributed by atoms with E-state index in [-0.39, 0.29) is 0 Å². The number of thiocarbonyl (C=S) groups is 1. The molecule has 0 aliphatic rings. The zero-order chi connectivity index (χ0) is 13.8. The maximum atomic E-state index is 5.59. The monoisotopic (exact) mass is 272 g/mol. The van der Waals surface area contributed by atoms with E-state index in [0.717, 1.165) is 29.2 Å². The second-order valence-corrected chi connectivity index (χ2v) is 4.63. The molecular weight excluding hydrogens is 256 g/mol. The highest BCUT2D eigenvalue weighted by Gasteiger charge is 2.06. The molecule has 2 N–H and O–H groups in total. The van der Waals surface area contributed by atoms with Gasteiger partial charge >= 0.3 is 0 Å². The van der Waals surface area contributed by atoms with E-state index in [2.05, 4.69) is 16.9 Å². The Morgan fingerprint density at radius 2 is 1.95 bits per heavy atom. The van der Waals surface area contributed by atoms with Crippen LogP contribution in [-0.2, 0) is 6.42 Å². The van der Waals surface area contributed by atoms with Crippen LogP contribution in [0.15, 0.2) is 36.7 Å². The van der Waals surface area contributed by atoms with Gasteiger partial charge in [0.15, 0.2) is 0 Å². The van der Waals surface area contributed by atoms with Crippen LogP contribution in [0, 0.1) is 0 Å². The first-order chi connectivity index (χ1) is 9.11. The van der Waals surface area contributed by atoms with Gasteiger partial charge in [-0.1, -0.05) is 19.1 Å². The molecule has 1 aromatic carbocycles. The highest BCUT2D eigenvalue weighted by molar-refractivity contribution is 7.80. The van der Waals surface area contributed by atoms with Gasteiger partial charge in [0.1, 0.15) is 17.1 Å². The van der Waals surface area contributed by atoms with E-state index in [1.165, 1.54) is 0 Å². The van der Waals surface area contributed by atoms with Gasteiger partial charge in [-0.05, 0) is 30.7 Å². The number of nitrogens with zero attached hydrogens (tertiary/aromatic N) is 3. The largest absolute Gasteiger partial charge is 0.389 e. The normalized spacial score (nSPS) is 10.2. The molecular formula is C14H16N4S. The number of aromatic nitrogens is 2. The van der Waals surface area contributed by atoms with Crippen LogP contribution in [0.2, 0.25) is 0 Å². The third-order valence-electron chi connectivity index (χ3n) is 2.95. The van der Waals surface area contributed by atoms with Crippen molar-refractivity contribution in [1.29, 1.82) is 0 Å². The van der Waals surface area contributed by atoms with Crippen LogP contribution in [0.25, 0.3) is 0 Å². The van der Waals surface area contributed by atoms with Gasteiger partial charge in [0.2, 0.25) is 0 Å². The fourth-order valence-electron chi connectivity index (χ4n) is 1.74. The van der Waals surface area contributed by atoms with E-state index in [1.807, 2.05) is 42.3 Å². The Bertz CT molecular complexity index is 580. The lowest BCUT2D eigenvalue weighted by molar-refractivity contribution is 0.980. The molecule has 1 aromatic heterocycles. The minimum Gasteiger partial charge on any atom is -0.389 e. The molecule has 0 saturated carbocycles. The van der Waals surface area contributed by atoms with Crippen LogP contribution in [0.4, 0.5) is 11.5 Å². The summed E-state index contributed by atoms with van der Waals surface area (Å²) in [4.78, 5) is 10.9. The number of nitrogens with two attached hydrogens (primary N) is 1. The summed E-state index contributed by atoms with van der Waals surface area (Å²) in [5.74, 6) is 0.870. The number of benzene rings is 1. The smallest absolute Gasteiger partial charge is 0.136 e. The molecule has 0 radical (unpaired) electrons. The zero-order valence-electron chi connectivity index (χ0n) is 11.0. The van der Waals surface area contributed by atoms with Crippen molar-refractivity contribution in [2.45, 2.75) is 13.3 Å². The van der Waals surface area contributed by atoms with E-state index in [4.69, 9.17) is 18.0 Å². The third kappa shape index (κ3) is 3.06. The van der Waals surface area contributed by atoms with Gasteiger partial charge in [0.05, 0.1) is 0 Å². The highest BCUT2D eigenvalue weighted by Crippen LogP contribution is 2.22. The summed E-state index contributed by atoms with van der Waals surface area (Å²) < 4.78 is 0. The molecule has 98 valence electrons. The second kappa shape index (κ2) is 5.75. The fourth-order valence-corrected chi connectivity index (χ4v) is 1.88. The minimum atomic E-state index is 0.407. The van der Waals surface area contributed by atoms with Gasteiger partial charge in [0, 0.05) is 30.1 Å². The molecule has 4 nitrogen and oxygen atoms in total. The Labute approximate surface area is 118 Å². The molecule has 5 heteroatoms. The van der Waals surface area contributed by atoms with E-state index < -0.39 is 0 Å². The molecule has 0 saturated heterocycles. The predicted octanol–water partition coefficient (Wildman–Crippen LogP) is 2.44. The average molecular weight is 272 g/mol. The van der Waals surface area contributed by atoms with Crippen LogP contribution >= 0.6 is 12.2 Å². The Morgan fingerprint density at radius 1 is 1.26 bits per heavy atom. The van der Waals surface area contributed by atoms with Crippen molar-refractivity contribution >= 4 is 28.7 Å². The lowest BCUT2D eigenvalue weighted by Gasteiger charge is -2.18. The molecule has 0 atom stereocenters. The minimum absolute atomic E-state index is 0.407. The zero-order valence-corrected chi connectivity index (χ0v) is 11.8. The SMILES string of the molecule is CCc1cc(N(C)c2ccc(C(N)=S)cc2)ncn1. The quantitative estimate of drug-likeness (QED) is 0.866. The van der Waals surface area contributed by atoms with Gasteiger partial charge in [-0.2, -0.15) is 0 Å². The molecule has 0 fully saturated rings. The second-order valence-electron chi connectivity index (χ2n) is 4.19. The summed E-state index contributed by atoms with van der Waals surface area (Å²) >= 11 is 4.94. The first-order valence-electron chi connectivity index (χ1n) is 6.06. The van der Waals surface area contributed by atoms with Gasteiger partial charge in [-0.25, -0.2) is 9.97 Å². The van der Waals surface area contributed by atoms with Crippen LogP contribution in [0.1, 0.15) is 18.2 Å². The molecule has 0 amide bonds.